The molecule has 3 unspecified atom stereocenters. The monoisotopic (exact) mass is 468 g/mol. The highest BCUT2D eigenvalue weighted by Gasteiger charge is 2.41. The Morgan fingerprint density at radius 1 is 1.52 bits per heavy atom. The van der Waals surface area contributed by atoms with E-state index in [0.29, 0.717) is 18.2 Å². The lowest BCUT2D eigenvalue weighted by Gasteiger charge is -2.22. The Balaban J connectivity index is 0.00000192. The first kappa shape index (κ1) is 19.3. The largest absolute Gasteiger partial charge is 0.373 e. The highest BCUT2D eigenvalue weighted by Crippen LogP contribution is 2.34. The zero-order valence-corrected chi connectivity index (χ0v) is 17.3. The quantitative estimate of drug-likeness (QED) is 0.212. The Hall–Kier alpha value is -0.0600. The van der Waals surface area contributed by atoms with E-state index in [-0.39, 0.29) is 24.0 Å². The van der Waals surface area contributed by atoms with Gasteiger partial charge in [0.2, 0.25) is 0 Å². The van der Waals surface area contributed by atoms with Crippen LogP contribution in [0.4, 0.5) is 0 Å². The Morgan fingerprint density at radius 2 is 2.43 bits per heavy atom. The van der Waals surface area contributed by atoms with Gasteiger partial charge in [0.15, 0.2) is 5.96 Å². The van der Waals surface area contributed by atoms with E-state index < -0.39 is 0 Å². The summed E-state index contributed by atoms with van der Waals surface area (Å²) in [6.07, 6.45) is 7.31. The van der Waals surface area contributed by atoms with Crippen LogP contribution in [0.25, 0.3) is 0 Å². The van der Waals surface area contributed by atoms with E-state index in [0.717, 1.165) is 42.0 Å². The van der Waals surface area contributed by atoms with Crippen molar-refractivity contribution in [3.63, 3.8) is 0 Å². The molecule has 0 saturated carbocycles. The molecule has 3 atom stereocenters. The molecule has 0 spiro atoms. The average Bonchev–Trinajstić information content (AvgIpc) is 3.24. The van der Waals surface area contributed by atoms with Crippen molar-refractivity contribution in [2.24, 2.45) is 4.99 Å². The summed E-state index contributed by atoms with van der Waals surface area (Å²) in [5.41, 5.74) is 0. The van der Waals surface area contributed by atoms with Crippen molar-refractivity contribution in [2.45, 2.75) is 55.2 Å². The van der Waals surface area contributed by atoms with Gasteiger partial charge < -0.3 is 15.4 Å². The molecular formula is C15H25IN4OS2. The molecule has 2 bridgehead atoms. The molecule has 1 aromatic heterocycles. The first-order valence-corrected chi connectivity index (χ1v) is 9.94. The van der Waals surface area contributed by atoms with E-state index in [9.17, 15) is 0 Å². The van der Waals surface area contributed by atoms with Crippen LogP contribution in [0.15, 0.2) is 20.9 Å². The fourth-order valence-electron chi connectivity index (χ4n) is 2.98. The minimum absolute atomic E-state index is 0. The molecule has 2 fully saturated rings. The van der Waals surface area contributed by atoms with Crippen molar-refractivity contribution in [1.29, 1.82) is 0 Å². The van der Waals surface area contributed by atoms with Crippen LogP contribution < -0.4 is 10.6 Å². The maximum Gasteiger partial charge on any atom is 0.191 e. The van der Waals surface area contributed by atoms with Gasteiger partial charge in [-0.2, -0.15) is 0 Å². The van der Waals surface area contributed by atoms with E-state index >= 15 is 0 Å². The lowest BCUT2D eigenvalue weighted by atomic mass is 9.96. The zero-order chi connectivity index (χ0) is 15.2. The number of ether oxygens (including phenoxy) is 1. The van der Waals surface area contributed by atoms with Gasteiger partial charge >= 0.3 is 0 Å². The number of rotatable bonds is 7. The first-order chi connectivity index (χ1) is 10.8. The van der Waals surface area contributed by atoms with Gasteiger partial charge in [-0.3, -0.25) is 4.99 Å². The first-order valence-electron chi connectivity index (χ1n) is 8.07. The normalized spacial score (nSPS) is 26.1. The summed E-state index contributed by atoms with van der Waals surface area (Å²) in [7, 11) is 0. The Morgan fingerprint density at radius 3 is 3.09 bits per heavy atom. The number of fused-ring (bicyclic) bond motifs is 2. The second kappa shape index (κ2) is 10.0. The second-order valence-electron chi connectivity index (χ2n) is 5.62. The number of thioether (sulfide) groups is 1. The number of nitrogens with zero attached hydrogens (tertiary/aromatic N) is 2. The fraction of sp³-hybridized carbons (Fsp3) is 0.733. The molecule has 0 aliphatic carbocycles. The maximum absolute atomic E-state index is 5.89. The van der Waals surface area contributed by atoms with Crippen LogP contribution in [0.2, 0.25) is 0 Å². The Bertz CT molecular complexity index is 486. The highest BCUT2D eigenvalue weighted by molar-refractivity contribution is 14.0. The average molecular weight is 468 g/mol. The van der Waals surface area contributed by atoms with E-state index in [4.69, 9.17) is 4.74 Å². The van der Waals surface area contributed by atoms with Crippen LogP contribution in [0, 0.1) is 0 Å². The lowest BCUT2D eigenvalue weighted by molar-refractivity contribution is 0.0992. The molecule has 0 amide bonds. The third-order valence-corrected chi connectivity index (χ3v) is 6.03. The summed E-state index contributed by atoms with van der Waals surface area (Å²) in [6, 6.07) is 0.432. The van der Waals surface area contributed by atoms with Gasteiger partial charge in [-0.05, 0) is 32.6 Å². The van der Waals surface area contributed by atoms with Gasteiger partial charge in [-0.25, -0.2) is 4.98 Å². The highest BCUT2D eigenvalue weighted by atomic mass is 127. The van der Waals surface area contributed by atoms with E-state index in [1.54, 1.807) is 11.3 Å². The van der Waals surface area contributed by atoms with Gasteiger partial charge in [0.1, 0.15) is 4.34 Å². The van der Waals surface area contributed by atoms with E-state index in [1.807, 2.05) is 23.3 Å². The molecule has 2 aliphatic heterocycles. The number of thiazole rings is 1. The summed E-state index contributed by atoms with van der Waals surface area (Å²) in [5, 5.41) is 8.91. The van der Waals surface area contributed by atoms with Crippen molar-refractivity contribution in [2.75, 3.05) is 18.8 Å². The lowest BCUT2D eigenvalue weighted by Crippen LogP contribution is -2.47. The van der Waals surface area contributed by atoms with Gasteiger partial charge in [0, 0.05) is 30.4 Å². The summed E-state index contributed by atoms with van der Waals surface area (Å²) in [4.78, 5) is 8.96. The molecule has 2 aliphatic rings. The summed E-state index contributed by atoms with van der Waals surface area (Å²) in [6.45, 7) is 3.84. The predicted molar refractivity (Wildman–Crippen MR) is 108 cm³/mol. The van der Waals surface area contributed by atoms with Crippen LogP contribution in [-0.4, -0.2) is 48.0 Å². The summed E-state index contributed by atoms with van der Waals surface area (Å²) in [5.74, 6) is 2.00. The van der Waals surface area contributed by atoms with E-state index in [1.165, 1.54) is 12.8 Å². The van der Waals surface area contributed by atoms with Crippen molar-refractivity contribution in [1.82, 2.24) is 15.6 Å². The Labute approximate surface area is 163 Å². The number of halogens is 1. The molecule has 23 heavy (non-hydrogen) atoms. The van der Waals surface area contributed by atoms with Crippen molar-refractivity contribution in [3.8, 4) is 0 Å². The molecule has 3 heterocycles. The molecule has 2 N–H and O–H groups in total. The standard InChI is InChI=1S/C15H24N4OS2.HI/c1-2-16-14(19-12-10-11-4-5-13(12)20-11)17-6-3-8-21-15-18-7-9-22-15;/h7,9,11-13H,2-6,8,10H2,1H3,(H2,16,17,19);1H. The summed E-state index contributed by atoms with van der Waals surface area (Å²) >= 11 is 3.51. The predicted octanol–water partition coefficient (Wildman–Crippen LogP) is 3.12. The van der Waals surface area contributed by atoms with Gasteiger partial charge in [0.05, 0.1) is 18.2 Å². The minimum atomic E-state index is 0. The number of aliphatic imine (C=N–C) groups is 1. The van der Waals surface area contributed by atoms with Crippen molar-refractivity contribution < 1.29 is 4.74 Å². The molecule has 3 rings (SSSR count). The third-order valence-electron chi connectivity index (χ3n) is 3.98. The molecule has 0 aromatic carbocycles. The number of aromatic nitrogens is 1. The van der Waals surface area contributed by atoms with E-state index in [2.05, 4.69) is 27.5 Å². The topological polar surface area (TPSA) is 58.5 Å². The third kappa shape index (κ3) is 5.75. The molecular weight excluding hydrogens is 443 g/mol. The van der Waals surface area contributed by atoms with Crippen LogP contribution in [0.5, 0.6) is 0 Å². The smallest absolute Gasteiger partial charge is 0.191 e. The maximum atomic E-state index is 5.89. The van der Waals surface area contributed by atoms with Gasteiger partial charge in [0.25, 0.3) is 0 Å². The molecule has 130 valence electrons. The van der Waals surface area contributed by atoms with Crippen molar-refractivity contribution >= 4 is 53.0 Å². The van der Waals surface area contributed by atoms with Crippen LogP contribution >= 0.6 is 47.1 Å². The zero-order valence-electron chi connectivity index (χ0n) is 13.4. The second-order valence-corrected chi connectivity index (χ2v) is 7.86. The van der Waals surface area contributed by atoms with Crippen molar-refractivity contribution in [3.05, 3.63) is 11.6 Å². The molecule has 5 nitrogen and oxygen atoms in total. The molecule has 2 saturated heterocycles. The minimum Gasteiger partial charge on any atom is -0.373 e. The van der Waals surface area contributed by atoms with Gasteiger partial charge in [-0.1, -0.05) is 11.8 Å². The molecule has 1 aromatic rings. The van der Waals surface area contributed by atoms with Crippen LogP contribution in [0.3, 0.4) is 0 Å². The van der Waals surface area contributed by atoms with Crippen LogP contribution in [-0.2, 0) is 4.74 Å². The Kier molecular flexibility index (Phi) is 8.42. The number of hydrogen-bond acceptors (Lipinski definition) is 5. The summed E-state index contributed by atoms with van der Waals surface area (Å²) < 4.78 is 7.04. The fourth-order valence-corrected chi connectivity index (χ4v) is 4.61. The SMILES string of the molecule is CCNC(=NCCCSc1nccs1)NC1CC2CCC1O2.I. The number of hydrogen-bond donors (Lipinski definition) is 2. The molecule has 0 radical (unpaired) electrons. The number of guanidine groups is 1. The van der Waals surface area contributed by atoms with Gasteiger partial charge in [-0.15, -0.1) is 35.3 Å². The number of nitrogens with one attached hydrogen (secondary N) is 2. The molecule has 8 heteroatoms. The van der Waals surface area contributed by atoms with Crippen LogP contribution in [0.1, 0.15) is 32.6 Å².